The molecule has 0 radical (unpaired) electrons. The normalized spacial score (nSPS) is 23.6. The van der Waals surface area contributed by atoms with Crippen LogP contribution in [0.5, 0.6) is 0 Å². The van der Waals surface area contributed by atoms with Gasteiger partial charge in [0.25, 0.3) is 5.91 Å². The van der Waals surface area contributed by atoms with Crippen LogP contribution in [0.15, 0.2) is 24.3 Å². The Morgan fingerprint density at radius 1 is 1.21 bits per heavy atom. The molecule has 102 valence electrons. The maximum atomic E-state index is 11.9. The fraction of sp³-hybridized carbons (Fsp3) is 0.385. The van der Waals surface area contributed by atoms with E-state index in [-0.39, 0.29) is 11.8 Å². The summed E-state index contributed by atoms with van der Waals surface area (Å²) in [5.41, 5.74) is 5.21. The van der Waals surface area contributed by atoms with Crippen LogP contribution in [0.2, 0.25) is 0 Å². The number of alkyl halides is 2. The number of aryl methyl sites for hydroxylation is 1. The molecule has 0 heterocycles. The standard InChI is InChI=1S/C13H14Cl2N2O2/c1-8-5-3-4-6-9(8)10(18)16-17-11(19)12(2)7-13(12,14)15/h3-6H,7H2,1-2H3,(H,16,18)(H,17,19)/t12-/m1/s1. The van der Waals surface area contributed by atoms with E-state index in [0.717, 1.165) is 5.56 Å². The van der Waals surface area contributed by atoms with Gasteiger partial charge in [0.2, 0.25) is 5.91 Å². The number of hydrogen-bond acceptors (Lipinski definition) is 2. The van der Waals surface area contributed by atoms with Crippen LogP contribution in [-0.2, 0) is 4.79 Å². The molecule has 0 bridgehead atoms. The van der Waals surface area contributed by atoms with Gasteiger partial charge in [-0.1, -0.05) is 18.2 Å². The van der Waals surface area contributed by atoms with Gasteiger partial charge in [-0.3, -0.25) is 20.4 Å². The van der Waals surface area contributed by atoms with Crippen molar-refractivity contribution in [3.05, 3.63) is 35.4 Å². The van der Waals surface area contributed by atoms with Gasteiger partial charge < -0.3 is 0 Å². The van der Waals surface area contributed by atoms with Crippen molar-refractivity contribution in [3.8, 4) is 0 Å². The first-order valence-electron chi connectivity index (χ1n) is 5.82. The third-order valence-electron chi connectivity index (χ3n) is 3.44. The van der Waals surface area contributed by atoms with Gasteiger partial charge in [0.05, 0.1) is 5.41 Å². The van der Waals surface area contributed by atoms with E-state index in [1.54, 1.807) is 19.1 Å². The Labute approximate surface area is 121 Å². The molecule has 1 aliphatic carbocycles. The third-order valence-corrected chi connectivity index (χ3v) is 4.54. The SMILES string of the molecule is Cc1ccccc1C(=O)NNC(=O)[C@@]1(C)CC1(Cl)Cl. The van der Waals surface area contributed by atoms with Crippen molar-refractivity contribution >= 4 is 35.0 Å². The molecular formula is C13H14Cl2N2O2. The molecule has 1 aromatic rings. The van der Waals surface area contributed by atoms with Crippen molar-refractivity contribution in [2.75, 3.05) is 0 Å². The summed E-state index contributed by atoms with van der Waals surface area (Å²) in [5, 5.41) is 0. The quantitative estimate of drug-likeness (QED) is 0.650. The zero-order valence-corrected chi connectivity index (χ0v) is 12.1. The lowest BCUT2D eigenvalue weighted by Gasteiger charge is -2.14. The third kappa shape index (κ3) is 2.55. The second kappa shape index (κ2) is 4.69. The summed E-state index contributed by atoms with van der Waals surface area (Å²) < 4.78 is -1.05. The molecular weight excluding hydrogens is 287 g/mol. The number of rotatable bonds is 2. The molecule has 2 N–H and O–H groups in total. The van der Waals surface area contributed by atoms with Gasteiger partial charge in [-0.2, -0.15) is 0 Å². The maximum Gasteiger partial charge on any atom is 0.269 e. The molecule has 0 aromatic heterocycles. The number of carbonyl (C=O) groups excluding carboxylic acids is 2. The summed E-state index contributed by atoms with van der Waals surface area (Å²) >= 11 is 11.8. The van der Waals surface area contributed by atoms with Crippen LogP contribution in [0.4, 0.5) is 0 Å². The molecule has 0 aliphatic heterocycles. The van der Waals surface area contributed by atoms with Gasteiger partial charge in [0.1, 0.15) is 4.33 Å². The molecule has 2 amide bonds. The highest BCUT2D eigenvalue weighted by Crippen LogP contribution is 2.63. The largest absolute Gasteiger partial charge is 0.273 e. The summed E-state index contributed by atoms with van der Waals surface area (Å²) in [7, 11) is 0. The minimum absolute atomic E-state index is 0.370. The fourth-order valence-corrected chi connectivity index (χ4v) is 2.50. The molecule has 1 atom stereocenters. The maximum absolute atomic E-state index is 11.9. The highest BCUT2D eigenvalue weighted by molar-refractivity contribution is 6.53. The molecule has 19 heavy (non-hydrogen) atoms. The average molecular weight is 301 g/mol. The minimum atomic E-state index is -1.05. The lowest BCUT2D eigenvalue weighted by atomic mass is 10.1. The zero-order chi connectivity index (χ0) is 14.3. The summed E-state index contributed by atoms with van der Waals surface area (Å²) in [6, 6.07) is 7.10. The zero-order valence-electron chi connectivity index (χ0n) is 10.6. The molecule has 0 spiro atoms. The van der Waals surface area contributed by atoms with Crippen LogP contribution in [0.25, 0.3) is 0 Å². The molecule has 1 fully saturated rings. The Morgan fingerprint density at radius 2 is 1.79 bits per heavy atom. The van der Waals surface area contributed by atoms with Crippen molar-refractivity contribution < 1.29 is 9.59 Å². The predicted octanol–water partition coefficient (Wildman–Crippen LogP) is 2.34. The summed E-state index contributed by atoms with van der Waals surface area (Å²) in [5.74, 6) is -0.759. The molecule has 1 aromatic carbocycles. The molecule has 6 heteroatoms. The first-order valence-corrected chi connectivity index (χ1v) is 6.58. The second-order valence-corrected chi connectivity index (χ2v) is 6.42. The number of hydrogen-bond donors (Lipinski definition) is 2. The topological polar surface area (TPSA) is 58.2 Å². The Hall–Kier alpha value is -1.26. The predicted molar refractivity (Wildman–Crippen MR) is 73.9 cm³/mol. The summed E-state index contributed by atoms with van der Waals surface area (Å²) in [6.07, 6.45) is 0.370. The lowest BCUT2D eigenvalue weighted by Crippen LogP contribution is -2.46. The van der Waals surface area contributed by atoms with Crippen molar-refractivity contribution in [2.24, 2.45) is 5.41 Å². The van der Waals surface area contributed by atoms with Crippen LogP contribution in [-0.4, -0.2) is 16.1 Å². The Morgan fingerprint density at radius 3 is 2.32 bits per heavy atom. The Balaban J connectivity index is 1.96. The van der Waals surface area contributed by atoms with E-state index < -0.39 is 9.75 Å². The van der Waals surface area contributed by atoms with Crippen LogP contribution in [0.3, 0.4) is 0 Å². The summed E-state index contributed by atoms with van der Waals surface area (Å²) in [4.78, 5) is 23.8. The van der Waals surface area contributed by atoms with Gasteiger partial charge in [-0.15, -0.1) is 23.2 Å². The fourth-order valence-electron chi connectivity index (χ4n) is 1.79. The van der Waals surface area contributed by atoms with Crippen LogP contribution < -0.4 is 10.9 Å². The number of halogens is 2. The van der Waals surface area contributed by atoms with Gasteiger partial charge in [-0.25, -0.2) is 0 Å². The van der Waals surface area contributed by atoms with E-state index in [1.165, 1.54) is 0 Å². The Bertz CT molecular complexity index is 545. The van der Waals surface area contributed by atoms with E-state index in [9.17, 15) is 9.59 Å². The molecule has 4 nitrogen and oxygen atoms in total. The number of carbonyl (C=O) groups is 2. The molecule has 1 aliphatic rings. The Kier molecular flexibility index (Phi) is 3.49. The first-order chi connectivity index (χ1) is 8.78. The highest BCUT2D eigenvalue weighted by atomic mass is 35.5. The van der Waals surface area contributed by atoms with Crippen molar-refractivity contribution in [1.82, 2.24) is 10.9 Å². The van der Waals surface area contributed by atoms with Crippen molar-refractivity contribution in [1.29, 1.82) is 0 Å². The van der Waals surface area contributed by atoms with Gasteiger partial charge in [-0.05, 0) is 31.9 Å². The number of benzene rings is 1. The monoisotopic (exact) mass is 300 g/mol. The highest BCUT2D eigenvalue weighted by Gasteiger charge is 2.68. The molecule has 2 rings (SSSR count). The van der Waals surface area contributed by atoms with E-state index >= 15 is 0 Å². The van der Waals surface area contributed by atoms with Gasteiger partial charge >= 0.3 is 0 Å². The number of nitrogens with one attached hydrogen (secondary N) is 2. The smallest absolute Gasteiger partial charge is 0.269 e. The van der Waals surface area contributed by atoms with E-state index in [0.29, 0.717) is 12.0 Å². The van der Waals surface area contributed by atoms with Crippen LogP contribution >= 0.6 is 23.2 Å². The van der Waals surface area contributed by atoms with E-state index in [2.05, 4.69) is 10.9 Å². The van der Waals surface area contributed by atoms with Crippen molar-refractivity contribution in [2.45, 2.75) is 24.6 Å². The number of hydrazine groups is 1. The molecule has 1 saturated carbocycles. The second-order valence-electron chi connectivity index (χ2n) is 4.94. The van der Waals surface area contributed by atoms with E-state index in [4.69, 9.17) is 23.2 Å². The van der Waals surface area contributed by atoms with Gasteiger partial charge in [0.15, 0.2) is 0 Å². The lowest BCUT2D eigenvalue weighted by molar-refractivity contribution is -0.126. The first kappa shape index (κ1) is 14.2. The number of amides is 2. The molecule has 0 unspecified atom stereocenters. The summed E-state index contributed by atoms with van der Waals surface area (Å²) in [6.45, 7) is 3.48. The average Bonchev–Trinajstić information content (AvgIpc) is 2.87. The van der Waals surface area contributed by atoms with Gasteiger partial charge in [0, 0.05) is 5.56 Å². The van der Waals surface area contributed by atoms with Crippen LogP contribution in [0, 0.1) is 12.3 Å². The molecule has 0 saturated heterocycles. The minimum Gasteiger partial charge on any atom is -0.273 e. The van der Waals surface area contributed by atoms with Crippen LogP contribution in [0.1, 0.15) is 29.3 Å². The van der Waals surface area contributed by atoms with E-state index in [1.807, 2.05) is 19.1 Å². The van der Waals surface area contributed by atoms with Crippen molar-refractivity contribution in [3.63, 3.8) is 0 Å².